The van der Waals surface area contributed by atoms with E-state index in [4.69, 9.17) is 0 Å². The summed E-state index contributed by atoms with van der Waals surface area (Å²) >= 11 is 0. The lowest BCUT2D eigenvalue weighted by atomic mass is 9.90. The van der Waals surface area contributed by atoms with Crippen molar-refractivity contribution in [3.63, 3.8) is 0 Å². The summed E-state index contributed by atoms with van der Waals surface area (Å²) in [5.41, 5.74) is 0.892. The van der Waals surface area contributed by atoms with E-state index in [-0.39, 0.29) is 12.1 Å². The predicted octanol–water partition coefficient (Wildman–Crippen LogP) is 1.22. The number of amidine groups is 1. The summed E-state index contributed by atoms with van der Waals surface area (Å²) in [6.07, 6.45) is 3.01. The summed E-state index contributed by atoms with van der Waals surface area (Å²) < 4.78 is 0. The second-order valence-electron chi connectivity index (χ2n) is 5.17. The van der Waals surface area contributed by atoms with E-state index in [0.29, 0.717) is 18.2 Å². The van der Waals surface area contributed by atoms with Crippen LogP contribution in [-0.2, 0) is 6.42 Å². The molecule has 1 aliphatic heterocycles. The van der Waals surface area contributed by atoms with Crippen LogP contribution < -0.4 is 5.32 Å². The smallest absolute Gasteiger partial charge is 0.119 e. The monoisotopic (exact) mass is 246 g/mol. The Morgan fingerprint density at radius 3 is 2.94 bits per heavy atom. The number of fused-ring (bicyclic) bond motifs is 1. The SMILES string of the molecule is Oc1ccccc1CC1=NC2CCC(O)CC2N1. The van der Waals surface area contributed by atoms with Crippen LogP contribution in [0, 0.1) is 0 Å². The highest BCUT2D eigenvalue weighted by molar-refractivity contribution is 5.87. The fourth-order valence-corrected chi connectivity index (χ4v) is 2.83. The highest BCUT2D eigenvalue weighted by Gasteiger charge is 2.34. The van der Waals surface area contributed by atoms with Crippen LogP contribution in [0.25, 0.3) is 0 Å². The zero-order valence-corrected chi connectivity index (χ0v) is 10.2. The molecule has 0 aromatic heterocycles. The maximum Gasteiger partial charge on any atom is 0.119 e. The van der Waals surface area contributed by atoms with Crippen molar-refractivity contribution in [2.24, 2.45) is 4.99 Å². The van der Waals surface area contributed by atoms with E-state index in [1.165, 1.54) is 0 Å². The fourth-order valence-electron chi connectivity index (χ4n) is 2.83. The van der Waals surface area contributed by atoms with Gasteiger partial charge in [0.05, 0.1) is 18.2 Å². The normalized spacial score (nSPS) is 30.5. The maximum absolute atomic E-state index is 9.75. The van der Waals surface area contributed by atoms with E-state index >= 15 is 0 Å². The van der Waals surface area contributed by atoms with Gasteiger partial charge in [-0.2, -0.15) is 0 Å². The lowest BCUT2D eigenvalue weighted by Gasteiger charge is -2.27. The molecule has 0 radical (unpaired) electrons. The van der Waals surface area contributed by atoms with Crippen molar-refractivity contribution in [1.82, 2.24) is 5.32 Å². The number of aromatic hydroxyl groups is 1. The first-order valence-electron chi connectivity index (χ1n) is 6.50. The van der Waals surface area contributed by atoms with Crippen LogP contribution in [0.2, 0.25) is 0 Å². The van der Waals surface area contributed by atoms with Gasteiger partial charge in [-0.05, 0) is 25.3 Å². The second-order valence-corrected chi connectivity index (χ2v) is 5.17. The summed E-state index contributed by atoms with van der Waals surface area (Å²) in [6.45, 7) is 0. The number of nitrogens with zero attached hydrogens (tertiary/aromatic N) is 1. The Hall–Kier alpha value is -1.55. The number of aliphatic imine (C=N–C) groups is 1. The molecule has 1 aromatic carbocycles. The predicted molar refractivity (Wildman–Crippen MR) is 69.8 cm³/mol. The number of aliphatic hydroxyl groups excluding tert-OH is 1. The molecule has 4 nitrogen and oxygen atoms in total. The molecule has 0 amide bonds. The largest absolute Gasteiger partial charge is 0.508 e. The molecule has 1 heterocycles. The Kier molecular flexibility index (Phi) is 2.96. The third-order valence-electron chi connectivity index (χ3n) is 3.81. The molecule has 3 atom stereocenters. The standard InChI is InChI=1S/C14H18N2O2/c17-10-5-6-11-12(8-10)16-14(15-11)7-9-3-1-2-4-13(9)18/h1-4,10-12,17-18H,5-8H2,(H,15,16). The summed E-state index contributed by atoms with van der Waals surface area (Å²) in [6, 6.07) is 7.92. The first-order chi connectivity index (χ1) is 8.72. The first kappa shape index (κ1) is 11.5. The summed E-state index contributed by atoms with van der Waals surface area (Å²) in [7, 11) is 0. The number of rotatable bonds is 2. The second kappa shape index (κ2) is 4.61. The summed E-state index contributed by atoms with van der Waals surface area (Å²) in [5, 5.41) is 22.8. The number of hydrogen-bond acceptors (Lipinski definition) is 4. The Labute approximate surface area is 106 Å². The molecule has 4 heteroatoms. The summed E-state index contributed by atoms with van der Waals surface area (Å²) in [4.78, 5) is 4.66. The number of nitrogens with one attached hydrogen (secondary N) is 1. The summed E-state index contributed by atoms with van der Waals surface area (Å²) in [5.74, 6) is 1.25. The van der Waals surface area contributed by atoms with Crippen molar-refractivity contribution in [3.8, 4) is 5.75 Å². The quantitative estimate of drug-likeness (QED) is 0.735. The van der Waals surface area contributed by atoms with Gasteiger partial charge < -0.3 is 15.5 Å². The number of phenolic OH excluding ortho intramolecular Hbond substituents is 1. The lowest BCUT2D eigenvalue weighted by molar-refractivity contribution is 0.112. The third kappa shape index (κ3) is 2.20. The molecule has 1 aliphatic carbocycles. The molecular weight excluding hydrogens is 228 g/mol. The zero-order valence-electron chi connectivity index (χ0n) is 10.2. The van der Waals surface area contributed by atoms with E-state index in [9.17, 15) is 10.2 Å². The molecule has 0 saturated heterocycles. The molecule has 0 bridgehead atoms. The molecule has 1 saturated carbocycles. The van der Waals surface area contributed by atoms with Gasteiger partial charge in [0.25, 0.3) is 0 Å². The van der Waals surface area contributed by atoms with Crippen LogP contribution >= 0.6 is 0 Å². The van der Waals surface area contributed by atoms with Gasteiger partial charge in [0.2, 0.25) is 0 Å². The molecule has 3 N–H and O–H groups in total. The molecule has 3 rings (SSSR count). The minimum Gasteiger partial charge on any atom is -0.508 e. The number of phenols is 1. The average Bonchev–Trinajstić information content (AvgIpc) is 2.73. The van der Waals surface area contributed by atoms with Gasteiger partial charge in [0, 0.05) is 12.0 Å². The number of benzene rings is 1. The topological polar surface area (TPSA) is 64.9 Å². The molecule has 1 aromatic rings. The van der Waals surface area contributed by atoms with Gasteiger partial charge in [0.15, 0.2) is 0 Å². The van der Waals surface area contributed by atoms with Gasteiger partial charge in [0.1, 0.15) is 11.6 Å². The van der Waals surface area contributed by atoms with Gasteiger partial charge in [-0.1, -0.05) is 18.2 Å². The molecular formula is C14H18N2O2. The van der Waals surface area contributed by atoms with E-state index in [2.05, 4.69) is 10.3 Å². The number of para-hydroxylation sites is 1. The van der Waals surface area contributed by atoms with Gasteiger partial charge in [-0.15, -0.1) is 0 Å². The molecule has 1 fully saturated rings. The van der Waals surface area contributed by atoms with Gasteiger partial charge in [-0.3, -0.25) is 4.99 Å². The van der Waals surface area contributed by atoms with Crippen molar-refractivity contribution in [2.45, 2.75) is 43.9 Å². The Morgan fingerprint density at radius 2 is 2.11 bits per heavy atom. The van der Waals surface area contributed by atoms with Crippen molar-refractivity contribution < 1.29 is 10.2 Å². The van der Waals surface area contributed by atoms with Gasteiger partial charge in [-0.25, -0.2) is 0 Å². The maximum atomic E-state index is 9.75. The van der Waals surface area contributed by atoms with Crippen LogP contribution in [0.4, 0.5) is 0 Å². The van der Waals surface area contributed by atoms with Crippen molar-refractivity contribution in [2.75, 3.05) is 0 Å². The Morgan fingerprint density at radius 1 is 1.28 bits per heavy atom. The number of hydrogen-bond donors (Lipinski definition) is 3. The van der Waals surface area contributed by atoms with E-state index < -0.39 is 0 Å². The van der Waals surface area contributed by atoms with Crippen LogP contribution in [0.3, 0.4) is 0 Å². The molecule has 96 valence electrons. The van der Waals surface area contributed by atoms with Crippen molar-refractivity contribution >= 4 is 5.84 Å². The van der Waals surface area contributed by atoms with E-state index in [1.54, 1.807) is 6.07 Å². The van der Waals surface area contributed by atoms with E-state index in [0.717, 1.165) is 30.7 Å². The van der Waals surface area contributed by atoms with E-state index in [1.807, 2.05) is 18.2 Å². The van der Waals surface area contributed by atoms with Crippen LogP contribution in [0.1, 0.15) is 24.8 Å². The molecule has 18 heavy (non-hydrogen) atoms. The Bertz CT molecular complexity index is 473. The molecule has 3 unspecified atom stereocenters. The number of aliphatic hydroxyl groups is 1. The van der Waals surface area contributed by atoms with Crippen molar-refractivity contribution in [3.05, 3.63) is 29.8 Å². The molecule has 2 aliphatic rings. The molecule has 0 spiro atoms. The Balaban J connectivity index is 1.70. The lowest BCUT2D eigenvalue weighted by Crippen LogP contribution is -2.41. The third-order valence-corrected chi connectivity index (χ3v) is 3.81. The van der Waals surface area contributed by atoms with Crippen LogP contribution in [-0.4, -0.2) is 34.2 Å². The minimum absolute atomic E-state index is 0.196. The average molecular weight is 246 g/mol. The van der Waals surface area contributed by atoms with Crippen LogP contribution in [0.15, 0.2) is 29.3 Å². The van der Waals surface area contributed by atoms with Crippen LogP contribution in [0.5, 0.6) is 5.75 Å². The van der Waals surface area contributed by atoms with Crippen molar-refractivity contribution in [1.29, 1.82) is 0 Å². The highest BCUT2D eigenvalue weighted by atomic mass is 16.3. The van der Waals surface area contributed by atoms with Gasteiger partial charge >= 0.3 is 0 Å². The minimum atomic E-state index is -0.196. The first-order valence-corrected chi connectivity index (χ1v) is 6.50. The fraction of sp³-hybridized carbons (Fsp3) is 0.500. The zero-order chi connectivity index (χ0) is 12.5. The highest BCUT2D eigenvalue weighted by Crippen LogP contribution is 2.26.